The number of aromatic nitrogens is 2. The molecule has 148 valence electrons. The number of hydrogen-bond acceptors (Lipinski definition) is 0. The molecule has 0 fully saturated rings. The smallest absolute Gasteiger partial charge is 0.737 e. The van der Waals surface area contributed by atoms with Gasteiger partial charge < -0.3 is 41.6 Å². The van der Waals surface area contributed by atoms with Gasteiger partial charge in [0, 0.05) is 39.5 Å². The third-order valence-electron chi connectivity index (χ3n) is 5.57. The molecular formula is C19H19BF2I3N3. The van der Waals surface area contributed by atoms with Gasteiger partial charge in [0.1, 0.15) is 12.8 Å². The van der Waals surface area contributed by atoms with Crippen LogP contribution in [0.25, 0.3) is 5.57 Å². The summed E-state index contributed by atoms with van der Waals surface area (Å²) < 4.78 is 37.9. The van der Waals surface area contributed by atoms with Crippen molar-refractivity contribution in [1.82, 2.24) is 4.48 Å². The normalized spacial score (nSPS) is 17.8. The lowest BCUT2D eigenvalue weighted by Gasteiger charge is -2.33. The lowest BCUT2D eigenvalue weighted by atomic mass is 9.84. The Hall–Kier alpha value is -0.305. The molecule has 9 heteroatoms. The Balaban J connectivity index is 0.00000225. The van der Waals surface area contributed by atoms with Gasteiger partial charge in [0.25, 0.3) is 0 Å². The van der Waals surface area contributed by atoms with Crippen LogP contribution in [0.3, 0.4) is 0 Å². The van der Waals surface area contributed by atoms with Gasteiger partial charge in [-0.05, 0) is 77.2 Å². The minimum absolute atomic E-state index is 0. The van der Waals surface area contributed by atoms with Gasteiger partial charge in [-0.2, -0.15) is 0 Å². The van der Waals surface area contributed by atoms with Crippen molar-refractivity contribution in [2.75, 3.05) is 0 Å². The van der Waals surface area contributed by atoms with Crippen LogP contribution >= 0.6 is 45.2 Å². The van der Waals surface area contributed by atoms with Gasteiger partial charge >= 0.3 is 6.97 Å². The van der Waals surface area contributed by atoms with Gasteiger partial charge in [0.05, 0.1) is 9.15 Å². The van der Waals surface area contributed by atoms with Crippen molar-refractivity contribution < 1.29 is 41.7 Å². The van der Waals surface area contributed by atoms with Crippen molar-refractivity contribution in [2.24, 2.45) is 7.05 Å². The van der Waals surface area contributed by atoms with Crippen molar-refractivity contribution in [2.45, 2.75) is 27.7 Å². The number of aryl methyl sites for hydroxylation is 1. The molecule has 0 N–H and O–H groups in total. The average Bonchev–Trinajstić information content (AvgIpc) is 2.98. The van der Waals surface area contributed by atoms with Crippen molar-refractivity contribution in [3.05, 3.63) is 65.5 Å². The van der Waals surface area contributed by atoms with Gasteiger partial charge in [-0.25, -0.2) is 4.57 Å². The Bertz CT molecular complexity index is 1110. The van der Waals surface area contributed by atoms with Crippen molar-refractivity contribution in [3.8, 4) is 0 Å². The molecule has 3 nitrogen and oxygen atoms in total. The maximum atomic E-state index is 15.8. The number of nitrogens with zero attached hydrogens (tertiary/aromatic N) is 3. The Labute approximate surface area is 208 Å². The third kappa shape index (κ3) is 2.89. The minimum Gasteiger partial charge on any atom is -1.00 e. The van der Waals surface area contributed by atoms with E-state index in [0.29, 0.717) is 22.8 Å². The number of allylic oxidation sites excluding steroid dienone is 2. The van der Waals surface area contributed by atoms with E-state index < -0.39 is 6.97 Å². The summed E-state index contributed by atoms with van der Waals surface area (Å²) in [6.45, 7) is 3.52. The fraction of sp³-hybridized carbons (Fsp3) is 0.263. The molecular weight excluding hydrogens is 700 g/mol. The standard InChI is InChI=1S/C19H19BF2I2N3.HI/c1-10-16(23)12(3)26-18(10)15(14-6-8-25(5)9-7-14)19-11(2)17(24)13(4)27(19)20(26,21)22;/h6-9H,1-5H3;1H/q+1;/p-1. The largest absolute Gasteiger partial charge is 1.00 e. The van der Waals surface area contributed by atoms with Crippen molar-refractivity contribution in [1.29, 1.82) is 0 Å². The van der Waals surface area contributed by atoms with Crippen LogP contribution in [-0.2, 0) is 7.05 Å². The first-order valence-electron chi connectivity index (χ1n) is 8.68. The van der Waals surface area contributed by atoms with E-state index in [2.05, 4.69) is 45.2 Å². The highest BCUT2D eigenvalue weighted by Gasteiger charge is 2.56. The molecule has 2 aromatic heterocycles. The van der Waals surface area contributed by atoms with Crippen molar-refractivity contribution >= 4 is 63.4 Å². The second kappa shape index (κ2) is 7.43. The van der Waals surface area contributed by atoms with Crippen LogP contribution in [0.15, 0.2) is 39.4 Å². The molecule has 4 heterocycles. The first kappa shape index (κ1) is 22.4. The maximum absolute atomic E-state index is 15.8. The molecule has 0 saturated carbocycles. The molecule has 4 rings (SSSR count). The summed E-state index contributed by atoms with van der Waals surface area (Å²) in [5.41, 5.74) is 6.19. The van der Waals surface area contributed by atoms with E-state index in [0.717, 1.165) is 29.4 Å². The Morgan fingerprint density at radius 2 is 1.61 bits per heavy atom. The zero-order valence-corrected chi connectivity index (χ0v) is 22.6. The molecule has 28 heavy (non-hydrogen) atoms. The molecule has 2 aliphatic rings. The fourth-order valence-electron chi connectivity index (χ4n) is 4.22. The van der Waals surface area contributed by atoms with E-state index in [1.165, 1.54) is 8.96 Å². The number of halogens is 5. The first-order valence-corrected chi connectivity index (χ1v) is 10.8. The summed E-state index contributed by atoms with van der Waals surface area (Å²) in [5, 5.41) is 0. The highest BCUT2D eigenvalue weighted by molar-refractivity contribution is 14.1. The number of hydrogen-bond donors (Lipinski definition) is 0. The van der Waals surface area contributed by atoms with Gasteiger partial charge in [0.2, 0.25) is 0 Å². The van der Waals surface area contributed by atoms with E-state index in [1.807, 2.05) is 50.0 Å². The van der Waals surface area contributed by atoms with Crippen LogP contribution in [0, 0.1) is 17.4 Å². The summed E-state index contributed by atoms with van der Waals surface area (Å²) in [4.78, 5) is 0. The average molecular weight is 719 g/mol. The monoisotopic (exact) mass is 719 g/mol. The lowest BCUT2D eigenvalue weighted by Crippen LogP contribution is -3.00. The summed E-state index contributed by atoms with van der Waals surface area (Å²) in [6, 6.07) is 4.01. The van der Waals surface area contributed by atoms with Crippen LogP contribution in [0.4, 0.5) is 8.63 Å². The third-order valence-corrected chi connectivity index (χ3v) is 8.75. The molecule has 0 atom stereocenters. The molecule has 2 aromatic rings. The lowest BCUT2D eigenvalue weighted by molar-refractivity contribution is -0.671. The number of rotatable bonds is 1. The van der Waals surface area contributed by atoms with Crippen molar-refractivity contribution in [3.63, 3.8) is 0 Å². The Kier molecular flexibility index (Phi) is 5.94. The number of pyridine rings is 1. The molecule has 0 unspecified atom stereocenters. The molecule has 0 aliphatic carbocycles. The summed E-state index contributed by atoms with van der Waals surface area (Å²) in [5.74, 6) is 0. The summed E-state index contributed by atoms with van der Waals surface area (Å²) in [6.07, 6.45) is 3.92. The van der Waals surface area contributed by atoms with Crippen LogP contribution in [0.5, 0.6) is 0 Å². The molecule has 2 aliphatic heterocycles. The van der Waals surface area contributed by atoms with Crippen LogP contribution in [0.2, 0.25) is 0 Å². The van der Waals surface area contributed by atoms with Gasteiger partial charge in [-0.3, -0.25) is 0 Å². The second-order valence-corrected chi connectivity index (χ2v) is 9.36. The van der Waals surface area contributed by atoms with E-state index in [9.17, 15) is 0 Å². The SMILES string of the molecule is CC1=C(I)C(C)=[N+]2C1=C(c1cc[n+](C)cc1)c1c(C)c(I)c(C)n1[B-]2(F)F.[I-]. The predicted octanol–water partition coefficient (Wildman–Crippen LogP) is 1.73. The molecule has 0 aromatic carbocycles. The number of fused-ring (bicyclic) bond motifs is 2. The van der Waals surface area contributed by atoms with Gasteiger partial charge in [-0.15, -0.1) is 0 Å². The summed E-state index contributed by atoms with van der Waals surface area (Å²) >= 11 is 4.38. The fourth-order valence-corrected chi connectivity index (χ4v) is 5.25. The molecule has 0 bridgehead atoms. The molecule has 0 saturated heterocycles. The topological polar surface area (TPSA) is 11.8 Å². The van der Waals surface area contributed by atoms with Crippen LogP contribution in [-0.4, -0.2) is 21.6 Å². The molecule has 0 amide bonds. The zero-order valence-electron chi connectivity index (χ0n) is 16.1. The zero-order chi connectivity index (χ0) is 19.8. The quantitative estimate of drug-likeness (QED) is 0.242. The van der Waals surface area contributed by atoms with E-state index in [-0.39, 0.29) is 24.0 Å². The van der Waals surface area contributed by atoms with E-state index in [4.69, 9.17) is 0 Å². The molecule has 0 radical (unpaired) electrons. The van der Waals surface area contributed by atoms with Crippen LogP contribution in [0.1, 0.15) is 36.4 Å². The maximum Gasteiger partial charge on any atom is 0.737 e. The highest BCUT2D eigenvalue weighted by atomic mass is 127. The first-order chi connectivity index (χ1) is 12.6. The highest BCUT2D eigenvalue weighted by Crippen LogP contribution is 2.47. The minimum atomic E-state index is -3.95. The van der Waals surface area contributed by atoms with E-state index in [1.54, 1.807) is 13.8 Å². The Morgan fingerprint density at radius 3 is 2.18 bits per heavy atom. The predicted molar refractivity (Wildman–Crippen MR) is 121 cm³/mol. The summed E-state index contributed by atoms with van der Waals surface area (Å²) in [7, 11) is 1.95. The second-order valence-electron chi connectivity index (χ2n) is 7.20. The van der Waals surface area contributed by atoms with Crippen LogP contribution < -0.4 is 28.5 Å². The van der Waals surface area contributed by atoms with E-state index >= 15 is 8.63 Å². The van der Waals surface area contributed by atoms with Gasteiger partial charge in [-0.1, -0.05) is 0 Å². The Morgan fingerprint density at radius 1 is 1.04 bits per heavy atom. The molecule has 0 spiro atoms. The van der Waals surface area contributed by atoms with Gasteiger partial charge in [0.15, 0.2) is 18.1 Å².